The molecule has 2 heterocycles. The Hall–Kier alpha value is -2.38. The summed E-state index contributed by atoms with van der Waals surface area (Å²) in [5.41, 5.74) is -1.03. The minimum atomic E-state index is -0.839. The molecule has 0 radical (unpaired) electrons. The van der Waals surface area contributed by atoms with Gasteiger partial charge in [0.15, 0.2) is 0 Å². The molecule has 1 saturated carbocycles. The molecule has 1 aromatic heterocycles. The highest BCUT2D eigenvalue weighted by Gasteiger charge is 2.46. The molecule has 0 aromatic carbocycles. The number of carbonyl (C=O) groups excluding carboxylic acids is 1. The van der Waals surface area contributed by atoms with Crippen LogP contribution < -0.4 is 11.2 Å². The third-order valence-corrected chi connectivity index (χ3v) is 4.73. The first kappa shape index (κ1) is 15.5. The van der Waals surface area contributed by atoms with Crippen molar-refractivity contribution in [3.05, 3.63) is 33.1 Å². The fraction of sp³-hybridized carbons (Fsp3) is 0.600. The number of hydrogen-bond donors (Lipinski definition) is 2. The van der Waals surface area contributed by atoms with E-state index in [0.29, 0.717) is 12.5 Å². The Morgan fingerprint density at radius 2 is 2.00 bits per heavy atom. The van der Waals surface area contributed by atoms with Gasteiger partial charge in [-0.15, -0.1) is 0 Å². The number of carbonyl (C=O) groups is 2. The highest BCUT2D eigenvalue weighted by molar-refractivity contribution is 5.79. The van der Waals surface area contributed by atoms with Crippen molar-refractivity contribution in [2.45, 2.75) is 25.8 Å². The van der Waals surface area contributed by atoms with E-state index >= 15 is 0 Å². The van der Waals surface area contributed by atoms with Crippen molar-refractivity contribution >= 4 is 11.9 Å². The highest BCUT2D eigenvalue weighted by Crippen LogP contribution is 2.44. The van der Waals surface area contributed by atoms with Crippen molar-refractivity contribution in [1.29, 1.82) is 0 Å². The summed E-state index contributed by atoms with van der Waals surface area (Å²) in [6, 6.07) is 1.23. The Bertz CT molecular complexity index is 733. The maximum Gasteiger partial charge on any atom is 0.328 e. The van der Waals surface area contributed by atoms with Crippen LogP contribution in [-0.2, 0) is 16.1 Å². The second-order valence-corrected chi connectivity index (χ2v) is 6.30. The van der Waals surface area contributed by atoms with Crippen LogP contribution in [0.15, 0.2) is 21.9 Å². The van der Waals surface area contributed by atoms with Gasteiger partial charge in [0.05, 0.1) is 5.92 Å². The van der Waals surface area contributed by atoms with E-state index in [-0.39, 0.29) is 31.3 Å². The molecule has 1 amide bonds. The molecule has 23 heavy (non-hydrogen) atoms. The molecule has 124 valence electrons. The summed E-state index contributed by atoms with van der Waals surface area (Å²) in [5.74, 6) is -1.00. The molecule has 2 N–H and O–H groups in total. The fourth-order valence-corrected chi connectivity index (χ4v) is 3.29. The van der Waals surface area contributed by atoms with Crippen molar-refractivity contribution in [1.82, 2.24) is 14.5 Å². The van der Waals surface area contributed by atoms with Gasteiger partial charge in [0.25, 0.3) is 5.56 Å². The van der Waals surface area contributed by atoms with Gasteiger partial charge in [0.1, 0.15) is 0 Å². The lowest BCUT2D eigenvalue weighted by atomic mass is 9.92. The fourth-order valence-electron chi connectivity index (χ4n) is 3.29. The van der Waals surface area contributed by atoms with E-state index in [2.05, 4.69) is 4.98 Å². The number of amides is 1. The quantitative estimate of drug-likeness (QED) is 0.759. The van der Waals surface area contributed by atoms with Crippen molar-refractivity contribution in [3.8, 4) is 0 Å². The van der Waals surface area contributed by atoms with Crippen LogP contribution >= 0.6 is 0 Å². The van der Waals surface area contributed by atoms with E-state index in [4.69, 9.17) is 0 Å². The van der Waals surface area contributed by atoms with Crippen molar-refractivity contribution in [2.24, 2.45) is 17.8 Å². The molecule has 2 atom stereocenters. The smallest absolute Gasteiger partial charge is 0.328 e. The lowest BCUT2D eigenvalue weighted by Gasteiger charge is -2.16. The van der Waals surface area contributed by atoms with E-state index in [9.17, 15) is 24.3 Å². The molecule has 1 aromatic rings. The summed E-state index contributed by atoms with van der Waals surface area (Å²) < 4.78 is 1.27. The topological polar surface area (TPSA) is 112 Å². The normalized spacial score (nSPS) is 23.9. The molecule has 8 heteroatoms. The van der Waals surface area contributed by atoms with Crippen LogP contribution in [0.1, 0.15) is 19.3 Å². The summed E-state index contributed by atoms with van der Waals surface area (Å²) in [7, 11) is 0. The van der Waals surface area contributed by atoms with Crippen molar-refractivity contribution in [3.63, 3.8) is 0 Å². The van der Waals surface area contributed by atoms with Gasteiger partial charge in [-0.1, -0.05) is 0 Å². The Morgan fingerprint density at radius 3 is 2.61 bits per heavy atom. The standard InChI is InChI=1S/C15H19N3O5/c19-12-3-5-17(15(23)16-12)6-4-13(20)18-7-10(9-1-2-9)11(8-18)14(21)22/h3,5,9-11H,1-2,4,6-8H2,(H,21,22)(H,16,19,23)/t10-,11+/m0/s1. The van der Waals surface area contributed by atoms with E-state index in [1.807, 2.05) is 0 Å². The average Bonchev–Trinajstić information content (AvgIpc) is 3.24. The van der Waals surface area contributed by atoms with Gasteiger partial charge in [-0.3, -0.25) is 19.4 Å². The Kier molecular flexibility index (Phi) is 4.06. The van der Waals surface area contributed by atoms with Crippen LogP contribution in [0, 0.1) is 17.8 Å². The predicted molar refractivity (Wildman–Crippen MR) is 79.9 cm³/mol. The highest BCUT2D eigenvalue weighted by atomic mass is 16.4. The number of likely N-dealkylation sites (tertiary alicyclic amines) is 1. The monoisotopic (exact) mass is 321 g/mol. The second kappa shape index (κ2) is 6.02. The van der Waals surface area contributed by atoms with E-state index in [0.717, 1.165) is 12.8 Å². The number of H-pyrrole nitrogens is 1. The maximum atomic E-state index is 12.3. The molecule has 3 rings (SSSR count). The average molecular weight is 321 g/mol. The summed E-state index contributed by atoms with van der Waals surface area (Å²) >= 11 is 0. The number of rotatable bonds is 5. The summed E-state index contributed by atoms with van der Waals surface area (Å²) in [4.78, 5) is 49.9. The van der Waals surface area contributed by atoms with Crippen LogP contribution in [0.4, 0.5) is 0 Å². The lowest BCUT2D eigenvalue weighted by Crippen LogP contribution is -2.33. The number of aromatic nitrogens is 2. The van der Waals surface area contributed by atoms with Gasteiger partial charge in [-0.2, -0.15) is 0 Å². The number of aromatic amines is 1. The van der Waals surface area contributed by atoms with Gasteiger partial charge in [-0.25, -0.2) is 4.79 Å². The summed E-state index contributed by atoms with van der Waals surface area (Å²) in [6.45, 7) is 0.896. The van der Waals surface area contributed by atoms with E-state index in [1.54, 1.807) is 4.90 Å². The Labute approximate surface area is 131 Å². The zero-order chi connectivity index (χ0) is 16.6. The zero-order valence-corrected chi connectivity index (χ0v) is 12.6. The van der Waals surface area contributed by atoms with Gasteiger partial charge in [-0.05, 0) is 24.7 Å². The zero-order valence-electron chi connectivity index (χ0n) is 12.6. The van der Waals surface area contributed by atoms with Crippen LogP contribution in [0.25, 0.3) is 0 Å². The number of carboxylic acid groups (broad SMARTS) is 1. The van der Waals surface area contributed by atoms with Crippen LogP contribution in [-0.4, -0.2) is 44.5 Å². The maximum absolute atomic E-state index is 12.3. The Morgan fingerprint density at radius 1 is 1.26 bits per heavy atom. The third-order valence-electron chi connectivity index (χ3n) is 4.73. The minimum absolute atomic E-state index is 0.0484. The summed E-state index contributed by atoms with van der Waals surface area (Å²) in [5, 5.41) is 9.31. The molecule has 1 saturated heterocycles. The predicted octanol–water partition coefficient (Wildman–Crippen LogP) is -0.504. The molecular weight excluding hydrogens is 302 g/mol. The molecule has 0 unspecified atom stereocenters. The van der Waals surface area contributed by atoms with E-state index in [1.165, 1.54) is 16.8 Å². The van der Waals surface area contributed by atoms with Crippen LogP contribution in [0.3, 0.4) is 0 Å². The molecular formula is C15H19N3O5. The first-order chi connectivity index (χ1) is 11.0. The molecule has 0 spiro atoms. The van der Waals surface area contributed by atoms with Crippen LogP contribution in [0.5, 0.6) is 0 Å². The molecule has 2 fully saturated rings. The van der Waals surface area contributed by atoms with Gasteiger partial charge in [0, 0.05) is 38.3 Å². The lowest BCUT2D eigenvalue weighted by molar-refractivity contribution is -0.142. The van der Waals surface area contributed by atoms with Gasteiger partial charge in [0.2, 0.25) is 5.91 Å². The summed E-state index contributed by atoms with van der Waals surface area (Å²) in [6.07, 6.45) is 3.55. The first-order valence-corrected chi connectivity index (χ1v) is 7.76. The van der Waals surface area contributed by atoms with Crippen molar-refractivity contribution < 1.29 is 14.7 Å². The minimum Gasteiger partial charge on any atom is -0.481 e. The number of aliphatic carboxylic acids is 1. The number of hydrogen-bond acceptors (Lipinski definition) is 4. The molecule has 8 nitrogen and oxygen atoms in total. The number of nitrogens with one attached hydrogen (secondary N) is 1. The third kappa shape index (κ3) is 3.35. The number of nitrogens with zero attached hydrogens (tertiary/aromatic N) is 2. The molecule has 0 bridgehead atoms. The number of carboxylic acids is 1. The van der Waals surface area contributed by atoms with Gasteiger partial charge < -0.3 is 14.6 Å². The van der Waals surface area contributed by atoms with Crippen molar-refractivity contribution in [2.75, 3.05) is 13.1 Å². The van der Waals surface area contributed by atoms with Crippen LogP contribution in [0.2, 0.25) is 0 Å². The largest absolute Gasteiger partial charge is 0.481 e. The molecule has 2 aliphatic rings. The Balaban J connectivity index is 1.61. The van der Waals surface area contributed by atoms with Gasteiger partial charge >= 0.3 is 11.7 Å². The molecule has 1 aliphatic carbocycles. The first-order valence-electron chi connectivity index (χ1n) is 7.76. The SMILES string of the molecule is O=C(O)[C@@H]1CN(C(=O)CCn2ccc(=O)[nH]c2=O)C[C@H]1C1CC1. The second-order valence-electron chi connectivity index (χ2n) is 6.30. The van der Waals surface area contributed by atoms with E-state index < -0.39 is 23.1 Å². The number of aryl methyl sites for hydroxylation is 1. The molecule has 1 aliphatic heterocycles.